The number of carbonyl (C=O) groups excluding carboxylic acids is 2. The molecule has 50 heavy (non-hydrogen) atoms. The number of benzene rings is 2. The predicted octanol–water partition coefficient (Wildman–Crippen LogP) is 6.36. The molecule has 276 valence electrons. The van der Waals surface area contributed by atoms with E-state index in [0.717, 1.165) is 33.7 Å². The molecule has 0 aliphatic carbocycles. The third-order valence-corrected chi connectivity index (χ3v) is 28.1. The molecule has 2 aliphatic heterocycles. The summed E-state index contributed by atoms with van der Waals surface area (Å²) < 4.78 is 36.2. The summed E-state index contributed by atoms with van der Waals surface area (Å²) in [4.78, 5) is 45.8. The molecule has 2 amide bonds. The number of sulfone groups is 1. The quantitative estimate of drug-likeness (QED) is 0.0411. The van der Waals surface area contributed by atoms with Crippen molar-refractivity contribution in [3.63, 3.8) is 0 Å². The van der Waals surface area contributed by atoms with Crippen LogP contribution in [0.3, 0.4) is 0 Å². The minimum absolute atomic E-state index is 0.0311. The van der Waals surface area contributed by atoms with Crippen LogP contribution in [0.4, 0.5) is 4.79 Å². The number of unbranched alkanes of at least 4 members (excludes halogenated alkanes) is 4. The standard InChI is InChI=1S/C14H23N2O5S.C7H5IO2.C7H5O2.2C4H9.Sn/c1-2-3-8-21-12(17)7-5-4-6-11-13-10(9-22(11,19)20)15-14(18)16-13;8-6-3-1-2-5(4-6)7(9)10;8-7(9)6-4-2-1-3-5-6;2*1-3-4-2;/h10-11,13H,1-9H2,(H2,15,16,18);1-4H,(H,9,10);1-2,4-5H,(H,8,9);2*1,3-4H2,2H3;/t10-,11-,13-;;;;;/m0...../s1/i;8-2;;;;. The molecule has 0 unspecified atom stereocenters. The number of ether oxygens (including phenoxy) is 1. The summed E-state index contributed by atoms with van der Waals surface area (Å²) in [7, 11) is -3.26. The molecule has 0 bridgehead atoms. The summed E-state index contributed by atoms with van der Waals surface area (Å²) in [5.74, 6) is -2.05. The van der Waals surface area contributed by atoms with Gasteiger partial charge >= 0.3 is 214 Å². The van der Waals surface area contributed by atoms with E-state index in [0.29, 0.717) is 37.0 Å². The molecule has 4 N–H and O–H groups in total. The van der Waals surface area contributed by atoms with Crippen LogP contribution in [0.2, 0.25) is 13.3 Å². The number of urea groups is 1. The molecule has 11 nitrogen and oxygen atoms in total. The molecule has 2 saturated heterocycles. The van der Waals surface area contributed by atoms with E-state index in [1.165, 1.54) is 25.3 Å². The Morgan fingerprint density at radius 3 is 2.08 bits per heavy atom. The minimum atomic E-state index is -3.26. The summed E-state index contributed by atoms with van der Waals surface area (Å²) in [6.45, 7) is 4.78. The van der Waals surface area contributed by atoms with Gasteiger partial charge in [0.2, 0.25) is 0 Å². The smallest absolute Gasteiger partial charge is 0.335 e. The summed E-state index contributed by atoms with van der Waals surface area (Å²) in [5, 5.41) is 22.8. The van der Waals surface area contributed by atoms with Crippen molar-refractivity contribution in [3.8, 4) is 0 Å². The number of halogens is 1. The monoisotopic (exact) mass is 932 g/mol. The van der Waals surface area contributed by atoms with Crippen molar-refractivity contribution in [2.75, 3.05) is 12.4 Å². The zero-order valence-electron chi connectivity index (χ0n) is 29.0. The van der Waals surface area contributed by atoms with Gasteiger partial charge in [-0.15, -0.1) is 0 Å². The number of hydrogen-bond donors (Lipinski definition) is 4. The van der Waals surface area contributed by atoms with Crippen LogP contribution >= 0.6 is 22.6 Å². The molecule has 0 aromatic heterocycles. The first-order valence-electron chi connectivity index (χ1n) is 17.6. The Hall–Kier alpha value is -2.40. The van der Waals surface area contributed by atoms with E-state index in [-0.39, 0.29) is 36.3 Å². The second kappa shape index (κ2) is 20.6. The summed E-state index contributed by atoms with van der Waals surface area (Å²) in [5.41, 5.74) is 0.711. The van der Waals surface area contributed by atoms with Crippen LogP contribution in [0.5, 0.6) is 0 Å². The summed E-state index contributed by atoms with van der Waals surface area (Å²) in [6.07, 6.45) is 8.15. The van der Waals surface area contributed by atoms with Crippen molar-refractivity contribution >= 4 is 78.3 Å². The molecule has 3 atom stereocenters. The molecule has 0 radical (unpaired) electrons. The van der Waals surface area contributed by atoms with Crippen LogP contribution in [0.1, 0.15) is 98.8 Å². The number of nitrogens with one attached hydrogen (secondary N) is 2. The van der Waals surface area contributed by atoms with Crippen molar-refractivity contribution < 1.29 is 42.5 Å². The van der Waals surface area contributed by atoms with Crippen molar-refractivity contribution in [1.82, 2.24) is 10.6 Å². The number of carboxylic acids is 2. The summed E-state index contributed by atoms with van der Waals surface area (Å²) >= 11 is -0.777. The topological polar surface area (TPSA) is 176 Å². The molecular weight excluding hydrogens is 880 g/mol. The maximum atomic E-state index is 12.4. The van der Waals surface area contributed by atoms with Gasteiger partial charge in [-0.05, 0) is 40.8 Å². The Morgan fingerprint density at radius 2 is 1.48 bits per heavy atom. The zero-order valence-corrected chi connectivity index (χ0v) is 34.8. The van der Waals surface area contributed by atoms with E-state index in [4.69, 9.17) is 9.84 Å². The molecule has 0 spiro atoms. The van der Waals surface area contributed by atoms with Gasteiger partial charge in [0, 0.05) is 3.57 Å². The van der Waals surface area contributed by atoms with Gasteiger partial charge in [-0.3, -0.25) is 0 Å². The van der Waals surface area contributed by atoms with Crippen molar-refractivity contribution in [3.05, 3.63) is 63.2 Å². The second-order valence-electron chi connectivity index (χ2n) is 13.2. The van der Waals surface area contributed by atoms with E-state index in [1.807, 2.05) is 18.2 Å². The second-order valence-corrected chi connectivity index (χ2v) is 30.0. The predicted molar refractivity (Wildman–Crippen MR) is 205 cm³/mol. The van der Waals surface area contributed by atoms with Crippen molar-refractivity contribution in [2.45, 2.75) is 109 Å². The number of aromatic carboxylic acids is 2. The molecular formula is C36H51IN2O9SSn. The van der Waals surface area contributed by atoms with E-state index in [1.54, 1.807) is 24.3 Å². The average molecular weight is 931 g/mol. The van der Waals surface area contributed by atoms with Crippen LogP contribution < -0.4 is 14.2 Å². The van der Waals surface area contributed by atoms with Gasteiger partial charge in [0.25, 0.3) is 0 Å². The third kappa shape index (κ3) is 12.7. The maximum Gasteiger partial charge on any atom is 0.335 e. The first-order chi connectivity index (χ1) is 23.8. The van der Waals surface area contributed by atoms with Crippen molar-refractivity contribution in [2.24, 2.45) is 0 Å². The molecule has 0 saturated carbocycles. The molecule has 2 aliphatic rings. The fraction of sp³-hybridized carbons (Fsp3) is 0.556. The number of hydrogen-bond acceptors (Lipinski definition) is 7. The first-order valence-corrected chi connectivity index (χ1v) is 27.9. The van der Waals surface area contributed by atoms with Crippen LogP contribution in [0.15, 0.2) is 48.5 Å². The molecule has 2 fully saturated rings. The Bertz CT molecular complexity index is 1560. The Labute approximate surface area is 313 Å². The third-order valence-electron chi connectivity index (χ3n) is 9.56. The number of esters is 1. The minimum Gasteiger partial charge on any atom is -0.478 e. The van der Waals surface area contributed by atoms with E-state index in [9.17, 15) is 32.7 Å². The van der Waals surface area contributed by atoms with Crippen LogP contribution in [0.25, 0.3) is 0 Å². The average Bonchev–Trinajstić information content (AvgIpc) is 3.54. The first kappa shape index (κ1) is 42.0. The molecule has 4 rings (SSSR count). The number of rotatable bonds is 19. The van der Waals surface area contributed by atoms with E-state index < -0.39 is 45.4 Å². The molecule has 14 heteroatoms. The molecule has 2 aromatic carbocycles. The van der Waals surface area contributed by atoms with Gasteiger partial charge in [0.15, 0.2) is 0 Å². The van der Waals surface area contributed by atoms with Gasteiger partial charge in [-0.25, -0.2) is 18.0 Å². The Kier molecular flexibility index (Phi) is 17.3. The van der Waals surface area contributed by atoms with Gasteiger partial charge in [-0.2, -0.15) is 0 Å². The molecule has 2 heterocycles. The summed E-state index contributed by atoms with van der Waals surface area (Å²) in [6, 6.07) is 13.4. The van der Waals surface area contributed by atoms with Gasteiger partial charge in [0.1, 0.15) is 0 Å². The van der Waals surface area contributed by atoms with Gasteiger partial charge in [0.05, 0.1) is 17.4 Å². The molecule has 2 aromatic rings. The number of carbonyl (C=O) groups is 4. The fourth-order valence-corrected chi connectivity index (χ4v) is 25.4. The Morgan fingerprint density at radius 1 is 0.860 bits per heavy atom. The van der Waals surface area contributed by atoms with Crippen LogP contribution in [-0.4, -0.2) is 90.6 Å². The normalized spacial score (nSPS) is 19.0. The van der Waals surface area contributed by atoms with Crippen molar-refractivity contribution in [1.29, 1.82) is 0 Å². The van der Waals surface area contributed by atoms with E-state index in [2.05, 4.69) is 53.1 Å². The van der Waals surface area contributed by atoms with Crippen LogP contribution in [-0.2, 0) is 19.4 Å². The van der Waals surface area contributed by atoms with Crippen LogP contribution in [0, 0.1) is 3.57 Å². The Balaban J connectivity index is 0.000000578. The fourth-order valence-electron chi connectivity index (χ4n) is 6.89. The number of amides is 2. The van der Waals surface area contributed by atoms with E-state index >= 15 is 0 Å². The number of carboxylic acid groups (broad SMARTS) is 2. The maximum absolute atomic E-state index is 12.4. The number of fused-ring (bicyclic) bond motifs is 1. The van der Waals surface area contributed by atoms with Gasteiger partial charge in [-0.1, -0.05) is 6.07 Å². The van der Waals surface area contributed by atoms with Gasteiger partial charge < -0.3 is 15.7 Å². The zero-order chi connectivity index (χ0) is 36.7. The largest absolute Gasteiger partial charge is 0.478 e. The SMILES string of the molecule is CCC[CH2][Sn]([CH2]CCC)([CH2]CCCOC(=O)CCCC[C@H]1[C@H]2NC(=O)N[C@H]2CS1(=O)=O)[c]1cccc(C(=O)O)c1.O=C(O)c1cccc([125I])c1.